The van der Waals surface area contributed by atoms with Gasteiger partial charge in [-0.25, -0.2) is 4.98 Å². The van der Waals surface area contributed by atoms with Gasteiger partial charge in [0.2, 0.25) is 5.91 Å². The normalized spacial score (nSPS) is 10.5. The summed E-state index contributed by atoms with van der Waals surface area (Å²) in [5.41, 5.74) is 7.02. The molecule has 6 heteroatoms. The Morgan fingerprint density at radius 1 is 1.03 bits per heavy atom. The van der Waals surface area contributed by atoms with Crippen LogP contribution in [0.2, 0.25) is 0 Å². The first-order valence-corrected chi connectivity index (χ1v) is 13.2. The maximum absolute atomic E-state index is 12.8. The van der Waals surface area contributed by atoms with Crippen LogP contribution in [0, 0.1) is 18.3 Å². The average Bonchev–Trinajstić information content (AvgIpc) is 2.94. The summed E-state index contributed by atoms with van der Waals surface area (Å²) >= 11 is 1.43. The lowest BCUT2D eigenvalue weighted by Gasteiger charge is -2.14. The molecule has 0 spiro atoms. The predicted molar refractivity (Wildman–Crippen MR) is 151 cm³/mol. The van der Waals surface area contributed by atoms with E-state index in [1.807, 2.05) is 85.8 Å². The van der Waals surface area contributed by atoms with Gasteiger partial charge >= 0.3 is 0 Å². The second-order valence-electron chi connectivity index (χ2n) is 8.55. The number of ether oxygens (including phenoxy) is 1. The van der Waals surface area contributed by atoms with E-state index in [2.05, 4.69) is 18.3 Å². The van der Waals surface area contributed by atoms with E-state index in [1.165, 1.54) is 11.8 Å². The van der Waals surface area contributed by atoms with E-state index in [4.69, 9.17) is 9.72 Å². The van der Waals surface area contributed by atoms with Crippen molar-refractivity contribution in [2.45, 2.75) is 31.7 Å². The number of hydrogen-bond acceptors (Lipinski definition) is 5. The molecule has 4 rings (SSSR count). The predicted octanol–water partition coefficient (Wildman–Crippen LogP) is 7.29. The molecule has 186 valence electrons. The summed E-state index contributed by atoms with van der Waals surface area (Å²) in [6.07, 6.45) is 1.16. The van der Waals surface area contributed by atoms with Crippen molar-refractivity contribution in [1.82, 2.24) is 4.98 Å². The van der Waals surface area contributed by atoms with Gasteiger partial charge in [-0.05, 0) is 48.2 Å². The topological polar surface area (TPSA) is 75.0 Å². The Bertz CT molecular complexity index is 1430. The smallest absolute Gasteiger partial charge is 0.225 e. The maximum Gasteiger partial charge on any atom is 0.225 e. The largest absolute Gasteiger partial charge is 0.497 e. The van der Waals surface area contributed by atoms with Gasteiger partial charge in [0.15, 0.2) is 0 Å². The molecule has 0 radical (unpaired) electrons. The van der Waals surface area contributed by atoms with E-state index in [0.29, 0.717) is 22.8 Å². The third-order valence-corrected chi connectivity index (χ3v) is 7.12. The molecule has 1 N–H and O–H groups in total. The number of rotatable bonds is 9. The average molecular weight is 508 g/mol. The summed E-state index contributed by atoms with van der Waals surface area (Å²) in [6.45, 7) is 4.08. The summed E-state index contributed by atoms with van der Waals surface area (Å²) in [5, 5.41) is 13.8. The van der Waals surface area contributed by atoms with Crippen LogP contribution in [-0.4, -0.2) is 23.8 Å². The molecule has 0 fully saturated rings. The number of benzene rings is 3. The lowest BCUT2D eigenvalue weighted by atomic mass is 9.99. The van der Waals surface area contributed by atoms with Crippen molar-refractivity contribution in [2.75, 3.05) is 18.2 Å². The number of nitriles is 1. The van der Waals surface area contributed by atoms with Crippen LogP contribution in [0.15, 0.2) is 83.9 Å². The highest BCUT2D eigenvalue weighted by atomic mass is 32.2. The molecule has 1 amide bonds. The number of para-hydroxylation sites is 1. The van der Waals surface area contributed by atoms with Gasteiger partial charge in [0.05, 0.1) is 18.4 Å². The van der Waals surface area contributed by atoms with Crippen molar-refractivity contribution >= 4 is 23.4 Å². The number of thioether (sulfide) groups is 1. The molecule has 1 aromatic heterocycles. The van der Waals surface area contributed by atoms with Crippen LogP contribution in [0.4, 0.5) is 5.69 Å². The van der Waals surface area contributed by atoms with Crippen molar-refractivity contribution in [3.63, 3.8) is 0 Å². The van der Waals surface area contributed by atoms with Crippen LogP contribution >= 0.6 is 11.8 Å². The van der Waals surface area contributed by atoms with Gasteiger partial charge in [-0.2, -0.15) is 5.26 Å². The van der Waals surface area contributed by atoms with E-state index in [0.717, 1.165) is 51.4 Å². The number of aryl methyl sites for hydroxylation is 2. The maximum atomic E-state index is 12.8. The SMILES string of the molecule is CCc1cccc(C)c1NC(=O)CCSc1nc(-c2ccccc2)cc(-c2ccc(OC)cc2)c1C#N. The van der Waals surface area contributed by atoms with Crippen LogP contribution in [-0.2, 0) is 11.2 Å². The summed E-state index contributed by atoms with van der Waals surface area (Å²) in [4.78, 5) is 17.6. The molecule has 1 heterocycles. The number of pyridine rings is 1. The Hall–Kier alpha value is -4.08. The van der Waals surface area contributed by atoms with E-state index in [1.54, 1.807) is 7.11 Å². The third kappa shape index (κ3) is 6.19. The Morgan fingerprint density at radius 2 is 1.78 bits per heavy atom. The van der Waals surface area contributed by atoms with Crippen molar-refractivity contribution < 1.29 is 9.53 Å². The van der Waals surface area contributed by atoms with Crippen LogP contribution in [0.25, 0.3) is 22.4 Å². The quantitative estimate of drug-likeness (QED) is 0.241. The first-order valence-electron chi connectivity index (χ1n) is 12.2. The highest BCUT2D eigenvalue weighted by Gasteiger charge is 2.17. The van der Waals surface area contributed by atoms with Gasteiger partial charge < -0.3 is 10.1 Å². The number of carbonyl (C=O) groups is 1. The second-order valence-corrected chi connectivity index (χ2v) is 9.63. The fourth-order valence-electron chi connectivity index (χ4n) is 4.13. The standard InChI is InChI=1S/C31H29N3O2S/c1-4-22-12-8-9-21(2)30(22)34-29(35)17-18-37-31-27(20-32)26(23-13-15-25(36-3)16-14-23)19-28(33-31)24-10-6-5-7-11-24/h5-16,19H,4,17-18H2,1-3H3,(H,34,35). The molecule has 0 aliphatic carbocycles. The van der Waals surface area contributed by atoms with Gasteiger partial charge in [0, 0.05) is 29.0 Å². The van der Waals surface area contributed by atoms with Crippen LogP contribution < -0.4 is 10.1 Å². The molecule has 0 unspecified atom stereocenters. The minimum Gasteiger partial charge on any atom is -0.497 e. The van der Waals surface area contributed by atoms with Crippen molar-refractivity contribution in [1.29, 1.82) is 5.26 Å². The highest BCUT2D eigenvalue weighted by Crippen LogP contribution is 2.35. The van der Waals surface area contributed by atoms with Crippen molar-refractivity contribution in [3.8, 4) is 34.2 Å². The molecule has 37 heavy (non-hydrogen) atoms. The Labute approximate surface area is 222 Å². The van der Waals surface area contributed by atoms with E-state index in [9.17, 15) is 10.1 Å². The molecule has 0 aliphatic heterocycles. The van der Waals surface area contributed by atoms with Gasteiger partial charge in [0.25, 0.3) is 0 Å². The Morgan fingerprint density at radius 3 is 2.46 bits per heavy atom. The third-order valence-electron chi connectivity index (χ3n) is 6.14. The number of nitrogens with zero attached hydrogens (tertiary/aromatic N) is 2. The lowest BCUT2D eigenvalue weighted by molar-refractivity contribution is -0.115. The fourth-order valence-corrected chi connectivity index (χ4v) is 5.08. The molecule has 0 saturated heterocycles. The molecule has 0 atom stereocenters. The van der Waals surface area contributed by atoms with Crippen LogP contribution in [0.5, 0.6) is 5.75 Å². The summed E-state index contributed by atoms with van der Waals surface area (Å²) < 4.78 is 5.30. The summed E-state index contributed by atoms with van der Waals surface area (Å²) in [7, 11) is 1.63. The van der Waals surface area contributed by atoms with Crippen LogP contribution in [0.1, 0.15) is 30.0 Å². The zero-order chi connectivity index (χ0) is 26.2. The van der Waals surface area contributed by atoms with Crippen LogP contribution in [0.3, 0.4) is 0 Å². The van der Waals surface area contributed by atoms with E-state index < -0.39 is 0 Å². The number of methoxy groups -OCH3 is 1. The first kappa shape index (κ1) is 26.0. The van der Waals surface area contributed by atoms with Gasteiger partial charge in [0.1, 0.15) is 16.8 Å². The number of nitrogens with one attached hydrogen (secondary N) is 1. The van der Waals surface area contributed by atoms with Gasteiger partial charge in [-0.1, -0.05) is 67.6 Å². The highest BCUT2D eigenvalue weighted by molar-refractivity contribution is 7.99. The van der Waals surface area contributed by atoms with Gasteiger partial charge in [-0.3, -0.25) is 4.79 Å². The monoisotopic (exact) mass is 507 g/mol. The molecule has 0 bridgehead atoms. The van der Waals surface area contributed by atoms with Crippen molar-refractivity contribution in [3.05, 3.63) is 95.6 Å². The zero-order valence-electron chi connectivity index (χ0n) is 21.2. The molecule has 4 aromatic rings. The summed E-state index contributed by atoms with van der Waals surface area (Å²) in [5.74, 6) is 1.20. The Balaban J connectivity index is 1.60. The fraction of sp³-hybridized carbons (Fsp3) is 0.194. The second kappa shape index (κ2) is 12.2. The minimum atomic E-state index is -0.0513. The first-order chi connectivity index (χ1) is 18.0. The molecular formula is C31H29N3O2S. The minimum absolute atomic E-state index is 0.0513. The molecule has 0 aliphatic rings. The number of aromatic nitrogens is 1. The van der Waals surface area contributed by atoms with E-state index in [-0.39, 0.29) is 5.91 Å². The molecule has 3 aromatic carbocycles. The number of anilines is 1. The number of hydrogen-bond donors (Lipinski definition) is 1. The molecule has 5 nitrogen and oxygen atoms in total. The van der Waals surface area contributed by atoms with E-state index >= 15 is 0 Å². The lowest BCUT2D eigenvalue weighted by Crippen LogP contribution is -2.14. The molecular weight excluding hydrogens is 478 g/mol. The molecule has 0 saturated carbocycles. The number of amides is 1. The van der Waals surface area contributed by atoms with Crippen molar-refractivity contribution in [2.24, 2.45) is 0 Å². The van der Waals surface area contributed by atoms with Gasteiger partial charge in [-0.15, -0.1) is 11.8 Å². The Kier molecular flexibility index (Phi) is 8.60. The number of carbonyl (C=O) groups excluding carboxylic acids is 1. The zero-order valence-corrected chi connectivity index (χ0v) is 22.1. The summed E-state index contributed by atoms with van der Waals surface area (Å²) in [6, 6.07) is 27.9.